The molecule has 1 atom stereocenters. The molecule has 1 heterocycles. The molecule has 5 nitrogen and oxygen atoms in total. The van der Waals surface area contributed by atoms with Gasteiger partial charge in [-0.25, -0.2) is 4.98 Å². The van der Waals surface area contributed by atoms with Crippen LogP contribution < -0.4 is 10.1 Å². The van der Waals surface area contributed by atoms with E-state index in [1.165, 1.54) is 18.1 Å². The fourth-order valence-corrected chi connectivity index (χ4v) is 3.88. The van der Waals surface area contributed by atoms with Crippen LogP contribution in [0.4, 0.5) is 5.13 Å². The summed E-state index contributed by atoms with van der Waals surface area (Å²) in [5, 5.41) is 6.36. The van der Waals surface area contributed by atoms with E-state index in [0.717, 1.165) is 11.7 Å². The summed E-state index contributed by atoms with van der Waals surface area (Å²) in [5.74, 6) is 0.435. The molecule has 3 rings (SSSR count). The molecule has 0 aliphatic carbocycles. The topological polar surface area (TPSA) is 68.3 Å². The zero-order chi connectivity index (χ0) is 23.3. The van der Waals surface area contributed by atoms with Gasteiger partial charge < -0.3 is 14.8 Å². The molecule has 0 saturated heterocycles. The largest absolute Gasteiger partial charge is 0.427 e. The van der Waals surface area contributed by atoms with Crippen LogP contribution in [0.25, 0.3) is 0 Å². The van der Waals surface area contributed by atoms with Crippen LogP contribution in [0, 0.1) is 5.41 Å². The summed E-state index contributed by atoms with van der Waals surface area (Å²) in [4.78, 5) is 23.5. The molecule has 1 N–H and O–H groups in total. The third-order valence-corrected chi connectivity index (χ3v) is 5.25. The molecule has 168 valence electrons. The quantitative estimate of drug-likeness (QED) is 0.337. The zero-order valence-corrected chi connectivity index (χ0v) is 19.7. The second-order valence-electron chi connectivity index (χ2n) is 7.19. The molecule has 3 aromatic rings. The van der Waals surface area contributed by atoms with Gasteiger partial charge in [0, 0.05) is 32.4 Å². The second-order valence-corrected chi connectivity index (χ2v) is 8.08. The van der Waals surface area contributed by atoms with E-state index in [1.54, 1.807) is 11.3 Å². The van der Waals surface area contributed by atoms with Gasteiger partial charge in [-0.05, 0) is 28.7 Å². The van der Waals surface area contributed by atoms with Gasteiger partial charge in [-0.15, -0.1) is 11.3 Å². The number of aromatic nitrogens is 1. The molecule has 0 amide bonds. The van der Waals surface area contributed by atoms with E-state index in [9.17, 15) is 4.79 Å². The van der Waals surface area contributed by atoms with E-state index in [4.69, 9.17) is 9.53 Å². The number of nitrogens with one attached hydrogen (secondary N) is 1. The van der Waals surface area contributed by atoms with Gasteiger partial charge in [0.15, 0.2) is 5.13 Å². The fraction of sp³-hybridized carbons (Fsp3) is 0.320. The fourth-order valence-electron chi connectivity index (χ4n) is 3.35. The second kappa shape index (κ2) is 13.3. The van der Waals surface area contributed by atoms with Crippen molar-refractivity contribution in [2.24, 2.45) is 5.41 Å². The van der Waals surface area contributed by atoms with Crippen LogP contribution in [0.2, 0.25) is 0 Å². The molecular formula is C25H34N2O3S. The summed E-state index contributed by atoms with van der Waals surface area (Å²) in [6, 6.07) is 18.3. The number of rotatable bonds is 7. The molecule has 0 aliphatic rings. The molecule has 0 radical (unpaired) electrons. The molecule has 2 aromatic carbocycles. The zero-order valence-electron chi connectivity index (χ0n) is 18.9. The lowest BCUT2D eigenvalue weighted by Gasteiger charge is -2.35. The predicted molar refractivity (Wildman–Crippen MR) is 131 cm³/mol. The highest BCUT2D eigenvalue weighted by Gasteiger charge is 2.32. The van der Waals surface area contributed by atoms with Gasteiger partial charge in [-0.2, -0.15) is 0 Å². The van der Waals surface area contributed by atoms with Crippen molar-refractivity contribution in [3.63, 3.8) is 0 Å². The minimum absolute atomic E-state index is 0. The maximum absolute atomic E-state index is 11.2. The Bertz CT molecular complexity index is 885. The predicted octanol–water partition coefficient (Wildman–Crippen LogP) is 6.43. The van der Waals surface area contributed by atoms with Gasteiger partial charge in [0.1, 0.15) is 12.5 Å². The van der Waals surface area contributed by atoms with Crippen molar-refractivity contribution >= 4 is 29.2 Å². The van der Waals surface area contributed by atoms with Crippen LogP contribution in [0.3, 0.4) is 0 Å². The summed E-state index contributed by atoms with van der Waals surface area (Å²) < 4.78 is 5.18. The Hall–Kier alpha value is -2.99. The van der Waals surface area contributed by atoms with Gasteiger partial charge in [-0.1, -0.05) is 70.2 Å². The van der Waals surface area contributed by atoms with Crippen molar-refractivity contribution in [2.45, 2.75) is 40.5 Å². The molecule has 0 unspecified atom stereocenters. The van der Waals surface area contributed by atoms with E-state index in [1.807, 2.05) is 62.5 Å². The van der Waals surface area contributed by atoms with Gasteiger partial charge in [-0.3, -0.25) is 4.79 Å². The number of carbonyl (C=O) groups excluding carboxylic acids is 2. The first kappa shape index (κ1) is 26.0. The van der Waals surface area contributed by atoms with Gasteiger partial charge in [0.25, 0.3) is 0 Å². The number of hydrogen-bond acceptors (Lipinski definition) is 6. The highest BCUT2D eigenvalue weighted by atomic mass is 32.1. The Morgan fingerprint density at radius 2 is 1.68 bits per heavy atom. The van der Waals surface area contributed by atoms with Crippen molar-refractivity contribution in [1.29, 1.82) is 0 Å². The lowest BCUT2D eigenvalue weighted by molar-refractivity contribution is -0.131. The average Bonchev–Trinajstić information content (AvgIpc) is 3.31. The summed E-state index contributed by atoms with van der Waals surface area (Å²) in [5.41, 5.74) is 2.36. The van der Waals surface area contributed by atoms with Crippen molar-refractivity contribution in [3.05, 3.63) is 77.3 Å². The number of esters is 1. The van der Waals surface area contributed by atoms with Gasteiger partial charge >= 0.3 is 5.97 Å². The summed E-state index contributed by atoms with van der Waals surface area (Å²) in [7, 11) is 0. The molecule has 6 heteroatoms. The van der Waals surface area contributed by atoms with E-state index in [0.29, 0.717) is 5.75 Å². The maximum atomic E-state index is 11.2. The standard InChI is InChI=1S/C22H24N2O2S.C2H6.CH2O.H2/c1-16(25)26-19-11-9-18(10-12-19)20(17-7-5-4-6-8-17)22(2,3)15-24-21-23-13-14-27-21;2*1-2;/h4-14,20H,15H2,1-3H3,(H,23,24);1-2H3;1H2;1H/t20-;;;/m1.../s1. The van der Waals surface area contributed by atoms with Crippen LogP contribution in [0.15, 0.2) is 66.2 Å². The highest BCUT2D eigenvalue weighted by Crippen LogP contribution is 2.41. The Balaban J connectivity index is 0.00000182. The van der Waals surface area contributed by atoms with Crippen molar-refractivity contribution in [1.82, 2.24) is 4.98 Å². The van der Waals surface area contributed by atoms with Crippen LogP contribution in [0.5, 0.6) is 5.75 Å². The Morgan fingerprint density at radius 3 is 2.19 bits per heavy atom. The third kappa shape index (κ3) is 7.98. The lowest BCUT2D eigenvalue weighted by atomic mass is 9.71. The summed E-state index contributed by atoms with van der Waals surface area (Å²) >= 11 is 1.60. The SMILES string of the molecule is C=O.CC.CC(=O)Oc1ccc([C@@H](c2ccccc2)C(C)(C)CNc2nccs2)cc1.[HH]. The minimum Gasteiger partial charge on any atom is -0.427 e. The Labute approximate surface area is 191 Å². The summed E-state index contributed by atoms with van der Waals surface area (Å²) in [6.07, 6.45) is 1.81. The molecular weight excluding hydrogens is 408 g/mol. The number of nitrogens with zero attached hydrogens (tertiary/aromatic N) is 1. The lowest BCUT2D eigenvalue weighted by Crippen LogP contribution is -2.31. The Kier molecular flexibility index (Phi) is 11.2. The van der Waals surface area contributed by atoms with Crippen LogP contribution in [0.1, 0.15) is 53.1 Å². The molecule has 0 bridgehead atoms. The first-order valence-corrected chi connectivity index (χ1v) is 11.1. The van der Waals surface area contributed by atoms with Gasteiger partial charge in [0.2, 0.25) is 0 Å². The molecule has 0 spiro atoms. The molecule has 0 saturated carbocycles. The normalized spacial score (nSPS) is 11.1. The first-order valence-electron chi connectivity index (χ1n) is 10.2. The maximum Gasteiger partial charge on any atom is 0.308 e. The minimum atomic E-state index is -0.310. The monoisotopic (exact) mass is 442 g/mol. The van der Waals surface area contributed by atoms with E-state index in [2.05, 4.69) is 48.4 Å². The Morgan fingerprint density at radius 1 is 1.10 bits per heavy atom. The number of hydrogen-bond donors (Lipinski definition) is 1. The van der Waals surface area contributed by atoms with Crippen LogP contribution >= 0.6 is 11.3 Å². The van der Waals surface area contributed by atoms with Crippen LogP contribution in [-0.4, -0.2) is 24.3 Å². The van der Waals surface area contributed by atoms with Crippen molar-refractivity contribution in [2.75, 3.05) is 11.9 Å². The van der Waals surface area contributed by atoms with Crippen molar-refractivity contribution < 1.29 is 15.8 Å². The molecule has 0 aliphatic heterocycles. The molecule has 1 aromatic heterocycles. The number of ether oxygens (including phenoxy) is 1. The summed E-state index contributed by atoms with van der Waals surface area (Å²) in [6.45, 7) is 12.7. The molecule has 31 heavy (non-hydrogen) atoms. The number of benzene rings is 2. The smallest absolute Gasteiger partial charge is 0.308 e. The van der Waals surface area contributed by atoms with E-state index < -0.39 is 0 Å². The number of carbonyl (C=O) groups is 2. The number of anilines is 1. The highest BCUT2D eigenvalue weighted by molar-refractivity contribution is 7.13. The van der Waals surface area contributed by atoms with E-state index >= 15 is 0 Å². The average molecular weight is 443 g/mol. The number of thiazole rings is 1. The first-order chi connectivity index (χ1) is 15.0. The molecule has 0 fully saturated rings. The van der Waals surface area contributed by atoms with E-state index in [-0.39, 0.29) is 18.7 Å². The van der Waals surface area contributed by atoms with Gasteiger partial charge in [0.05, 0.1) is 0 Å². The van der Waals surface area contributed by atoms with Crippen molar-refractivity contribution in [3.8, 4) is 5.75 Å². The third-order valence-electron chi connectivity index (χ3n) is 4.52. The van der Waals surface area contributed by atoms with Crippen LogP contribution in [-0.2, 0) is 9.59 Å².